The van der Waals surface area contributed by atoms with Gasteiger partial charge in [-0.05, 0) is 67.1 Å². The number of hydrogen-bond donors (Lipinski definition) is 2. The van der Waals surface area contributed by atoms with E-state index in [1.54, 1.807) is 48.5 Å². The van der Waals surface area contributed by atoms with Gasteiger partial charge in [-0.25, -0.2) is 17.9 Å². The third-order valence-electron chi connectivity index (χ3n) is 5.90. The van der Waals surface area contributed by atoms with Crippen LogP contribution < -0.4 is 19.9 Å². The molecule has 12 nitrogen and oxygen atoms in total. The summed E-state index contributed by atoms with van der Waals surface area (Å²) in [6.45, 7) is -0.192. The fourth-order valence-corrected chi connectivity index (χ4v) is 5.16. The molecule has 1 aromatic heterocycles. The second-order valence-corrected chi connectivity index (χ2v) is 10.4. The molecule has 1 unspecified atom stereocenters. The average molecular weight is 552 g/mol. The van der Waals surface area contributed by atoms with E-state index in [4.69, 9.17) is 4.74 Å². The monoisotopic (exact) mass is 551 g/mol. The van der Waals surface area contributed by atoms with Crippen LogP contribution in [0.2, 0.25) is 0 Å². The van der Waals surface area contributed by atoms with Crippen LogP contribution in [0.25, 0.3) is 10.9 Å². The number of nitrogens with one attached hydrogen (secondary N) is 1. The van der Waals surface area contributed by atoms with Crippen LogP contribution >= 0.6 is 0 Å². The van der Waals surface area contributed by atoms with E-state index in [1.807, 2.05) is 0 Å². The summed E-state index contributed by atoms with van der Waals surface area (Å²) in [7, 11) is -2.55. The van der Waals surface area contributed by atoms with E-state index in [2.05, 4.69) is 15.6 Å². The van der Waals surface area contributed by atoms with Crippen LogP contribution in [0.4, 0.5) is 11.4 Å². The second-order valence-electron chi connectivity index (χ2n) is 8.57. The van der Waals surface area contributed by atoms with Crippen LogP contribution in [-0.2, 0) is 21.4 Å². The SMILES string of the molecule is COc1ccc(NC(=O)c2ccc(N(C(CCn3nnc4ccccc4c3=O)C(=O)O)S(C)(=O)=O)cc2)cc1. The highest BCUT2D eigenvalue weighted by Crippen LogP contribution is 2.24. The van der Waals surface area contributed by atoms with Gasteiger partial charge in [-0.3, -0.25) is 13.9 Å². The fraction of sp³-hybridized carbons (Fsp3) is 0.192. The minimum Gasteiger partial charge on any atom is -0.497 e. The van der Waals surface area contributed by atoms with Crippen molar-refractivity contribution >= 4 is 44.2 Å². The third-order valence-corrected chi connectivity index (χ3v) is 7.08. The lowest BCUT2D eigenvalue weighted by Gasteiger charge is -2.29. The van der Waals surface area contributed by atoms with Gasteiger partial charge in [0.1, 0.15) is 17.3 Å². The van der Waals surface area contributed by atoms with E-state index in [0.717, 1.165) is 15.2 Å². The average Bonchev–Trinajstić information content (AvgIpc) is 2.92. The minimum absolute atomic E-state index is 0.0443. The zero-order valence-electron chi connectivity index (χ0n) is 21.0. The molecule has 0 aliphatic rings. The maximum Gasteiger partial charge on any atom is 0.327 e. The molecule has 4 aromatic rings. The predicted octanol–water partition coefficient (Wildman–Crippen LogP) is 2.36. The molecular formula is C26H25N5O7S. The third kappa shape index (κ3) is 6.21. The molecule has 0 saturated carbocycles. The topological polar surface area (TPSA) is 161 Å². The summed E-state index contributed by atoms with van der Waals surface area (Å²) in [5.41, 5.74) is 0.724. The Morgan fingerprint density at radius 3 is 2.33 bits per heavy atom. The number of nitrogens with zero attached hydrogens (tertiary/aromatic N) is 4. The van der Waals surface area contributed by atoms with Crippen LogP contribution in [0.3, 0.4) is 0 Å². The van der Waals surface area contributed by atoms with E-state index >= 15 is 0 Å². The van der Waals surface area contributed by atoms with Gasteiger partial charge >= 0.3 is 5.97 Å². The molecule has 0 bridgehead atoms. The summed E-state index contributed by atoms with van der Waals surface area (Å²) in [5, 5.41) is 20.8. The number of amides is 1. The number of benzene rings is 3. The maximum atomic E-state index is 12.7. The zero-order chi connectivity index (χ0) is 28.2. The van der Waals surface area contributed by atoms with Crippen molar-refractivity contribution in [3.8, 4) is 5.75 Å². The normalized spacial score (nSPS) is 12.1. The summed E-state index contributed by atoms with van der Waals surface area (Å²) in [6.07, 6.45) is 0.615. The van der Waals surface area contributed by atoms with Crippen LogP contribution in [0.15, 0.2) is 77.6 Å². The highest BCUT2D eigenvalue weighted by atomic mass is 32.2. The number of sulfonamides is 1. The number of carboxylic acids is 1. The first-order chi connectivity index (χ1) is 18.6. The Morgan fingerprint density at radius 1 is 1.05 bits per heavy atom. The molecular weight excluding hydrogens is 526 g/mol. The number of fused-ring (bicyclic) bond motifs is 1. The van der Waals surface area contributed by atoms with Gasteiger partial charge in [0.2, 0.25) is 10.0 Å². The predicted molar refractivity (Wildman–Crippen MR) is 145 cm³/mol. The van der Waals surface area contributed by atoms with Crippen molar-refractivity contribution in [3.05, 3.63) is 88.7 Å². The first-order valence-corrected chi connectivity index (χ1v) is 13.5. The molecule has 1 amide bonds. The van der Waals surface area contributed by atoms with Crippen LogP contribution in [-0.4, -0.2) is 59.8 Å². The first kappa shape index (κ1) is 27.3. The van der Waals surface area contributed by atoms with Gasteiger partial charge in [-0.15, -0.1) is 5.10 Å². The number of aryl methyl sites for hydroxylation is 1. The number of hydrogen-bond acceptors (Lipinski definition) is 8. The first-order valence-electron chi connectivity index (χ1n) is 11.7. The Bertz CT molecular complexity index is 1670. The molecule has 0 aliphatic carbocycles. The molecule has 202 valence electrons. The van der Waals surface area contributed by atoms with Crippen molar-refractivity contribution in [2.75, 3.05) is 23.0 Å². The smallest absolute Gasteiger partial charge is 0.327 e. The summed E-state index contributed by atoms with van der Waals surface area (Å²) < 4.78 is 32.3. The number of ether oxygens (including phenoxy) is 1. The molecule has 3 aromatic carbocycles. The summed E-state index contributed by atoms with van der Waals surface area (Å²) in [5.74, 6) is -1.23. The standard InChI is InChI=1S/C26H25N5O7S/c1-38-20-13-9-18(10-14-20)27-24(32)17-7-11-19(12-8-17)31(39(2,36)37)23(26(34)35)15-16-30-25(33)21-5-3-4-6-22(21)28-29-30/h3-14,23H,15-16H2,1-2H3,(H,27,32)(H,34,35). The molecule has 4 rings (SSSR count). The lowest BCUT2D eigenvalue weighted by molar-refractivity contribution is -0.138. The second kappa shape index (κ2) is 11.3. The van der Waals surface area contributed by atoms with Crippen LogP contribution in [0.5, 0.6) is 5.75 Å². The molecule has 0 spiro atoms. The molecule has 1 heterocycles. The van der Waals surface area contributed by atoms with Crippen LogP contribution in [0.1, 0.15) is 16.8 Å². The number of rotatable bonds is 10. The van der Waals surface area contributed by atoms with E-state index in [1.165, 1.54) is 31.4 Å². The molecule has 0 fully saturated rings. The number of anilines is 2. The largest absolute Gasteiger partial charge is 0.497 e. The quantitative estimate of drug-likeness (QED) is 0.301. The number of carboxylic acid groups (broad SMARTS) is 1. The van der Waals surface area contributed by atoms with Gasteiger partial charge in [0, 0.05) is 17.8 Å². The molecule has 13 heteroatoms. The van der Waals surface area contributed by atoms with Gasteiger partial charge in [0.05, 0.1) is 24.4 Å². The van der Waals surface area contributed by atoms with Gasteiger partial charge in [0.15, 0.2) is 0 Å². The van der Waals surface area contributed by atoms with Gasteiger partial charge in [-0.2, -0.15) is 0 Å². The van der Waals surface area contributed by atoms with Crippen molar-refractivity contribution in [1.29, 1.82) is 0 Å². The van der Waals surface area contributed by atoms with E-state index < -0.39 is 33.5 Å². The minimum atomic E-state index is -4.08. The van der Waals surface area contributed by atoms with E-state index in [-0.39, 0.29) is 24.2 Å². The van der Waals surface area contributed by atoms with E-state index in [0.29, 0.717) is 22.3 Å². The lowest BCUT2D eigenvalue weighted by atomic mass is 10.1. The van der Waals surface area contributed by atoms with Crippen molar-refractivity contribution in [2.24, 2.45) is 0 Å². The van der Waals surface area contributed by atoms with Gasteiger partial charge < -0.3 is 15.2 Å². The Morgan fingerprint density at radius 2 is 1.72 bits per heavy atom. The molecule has 1 atom stereocenters. The molecule has 2 N–H and O–H groups in total. The maximum absolute atomic E-state index is 12.7. The Labute approximate surface area is 223 Å². The lowest BCUT2D eigenvalue weighted by Crippen LogP contribution is -2.46. The van der Waals surface area contributed by atoms with Gasteiger partial charge in [0.25, 0.3) is 11.5 Å². The number of methoxy groups -OCH3 is 1. The summed E-state index contributed by atoms with van der Waals surface area (Å²) in [6, 6.07) is 17.2. The zero-order valence-corrected chi connectivity index (χ0v) is 21.8. The van der Waals surface area contributed by atoms with E-state index in [9.17, 15) is 27.9 Å². The fourth-order valence-electron chi connectivity index (χ4n) is 4.00. The molecule has 0 aliphatic heterocycles. The van der Waals surface area contributed by atoms with Crippen molar-refractivity contribution in [1.82, 2.24) is 15.0 Å². The Hall–Kier alpha value is -4.78. The number of carbonyl (C=O) groups is 2. The number of carbonyl (C=O) groups excluding carboxylic acids is 1. The summed E-state index contributed by atoms with van der Waals surface area (Å²) >= 11 is 0. The summed E-state index contributed by atoms with van der Waals surface area (Å²) in [4.78, 5) is 37.6. The number of aliphatic carboxylic acids is 1. The molecule has 39 heavy (non-hydrogen) atoms. The van der Waals surface area contributed by atoms with Crippen molar-refractivity contribution in [3.63, 3.8) is 0 Å². The van der Waals surface area contributed by atoms with Crippen molar-refractivity contribution in [2.45, 2.75) is 19.0 Å². The Kier molecular flexibility index (Phi) is 7.91. The highest BCUT2D eigenvalue weighted by Gasteiger charge is 2.33. The highest BCUT2D eigenvalue weighted by molar-refractivity contribution is 7.92. The van der Waals surface area contributed by atoms with Gasteiger partial charge in [-0.1, -0.05) is 17.3 Å². The molecule has 0 saturated heterocycles. The Balaban J connectivity index is 1.56. The van der Waals surface area contributed by atoms with Crippen molar-refractivity contribution < 1.29 is 27.9 Å². The van der Waals surface area contributed by atoms with Crippen LogP contribution in [0, 0.1) is 0 Å². The number of aromatic nitrogens is 3. The molecule has 0 radical (unpaired) electrons.